The van der Waals surface area contributed by atoms with Gasteiger partial charge in [0.2, 0.25) is 6.43 Å². The molecule has 0 saturated carbocycles. The molecule has 0 aliphatic heterocycles. The van der Waals surface area contributed by atoms with Gasteiger partial charge in [-0.3, -0.25) is 4.79 Å². The summed E-state index contributed by atoms with van der Waals surface area (Å²) in [6, 6.07) is 0. The molecule has 0 saturated heterocycles. The summed E-state index contributed by atoms with van der Waals surface area (Å²) >= 11 is 1.46. The van der Waals surface area contributed by atoms with Crippen molar-refractivity contribution in [2.75, 3.05) is 12.4 Å². The topological polar surface area (TPSA) is 26.3 Å². The first-order valence-corrected chi connectivity index (χ1v) is 6.19. The van der Waals surface area contributed by atoms with Crippen LogP contribution in [0.25, 0.3) is 0 Å². The molecule has 0 heterocycles. The van der Waals surface area contributed by atoms with Crippen LogP contribution in [-0.4, -0.2) is 30.0 Å². The Labute approximate surface area is 93.8 Å². The number of hydrogen-bond acceptors (Lipinski definition) is 3. The molecule has 0 fully saturated rings. The van der Waals surface area contributed by atoms with Gasteiger partial charge >= 0.3 is 5.97 Å². The second-order valence-electron chi connectivity index (χ2n) is 3.15. The normalized spacial score (nSPS) is 12.9. The van der Waals surface area contributed by atoms with Crippen molar-refractivity contribution in [3.05, 3.63) is 0 Å². The van der Waals surface area contributed by atoms with Gasteiger partial charge in [0.1, 0.15) is 0 Å². The van der Waals surface area contributed by atoms with E-state index in [1.165, 1.54) is 11.8 Å². The van der Waals surface area contributed by atoms with Gasteiger partial charge in [-0.25, -0.2) is 8.78 Å². The van der Waals surface area contributed by atoms with Crippen molar-refractivity contribution in [2.45, 2.75) is 44.8 Å². The number of carbonyl (C=O) groups is 1. The van der Waals surface area contributed by atoms with E-state index in [0.717, 1.165) is 12.2 Å². The molecule has 0 aliphatic carbocycles. The number of hydrogen-bond donors (Lipinski definition) is 0. The Hall–Kier alpha value is -0.320. The molecule has 0 bridgehead atoms. The zero-order valence-corrected chi connectivity index (χ0v) is 9.99. The Morgan fingerprint density at radius 3 is 2.60 bits per heavy atom. The van der Waals surface area contributed by atoms with Crippen LogP contribution in [0.4, 0.5) is 8.78 Å². The lowest BCUT2D eigenvalue weighted by Crippen LogP contribution is -2.17. The maximum Gasteiger partial charge on any atom is 0.318 e. The highest BCUT2D eigenvalue weighted by Crippen LogP contribution is 2.15. The SMILES string of the molecule is CCOC(=O)C(C)SCCCCC(F)F. The number of unbranched alkanes of at least 4 members (excludes halogenated alkanes) is 1. The molecule has 15 heavy (non-hydrogen) atoms. The first kappa shape index (κ1) is 14.7. The number of ether oxygens (including phenoxy) is 1. The van der Waals surface area contributed by atoms with Crippen LogP contribution in [0, 0.1) is 0 Å². The van der Waals surface area contributed by atoms with Crippen molar-refractivity contribution in [1.82, 2.24) is 0 Å². The molecule has 5 heteroatoms. The van der Waals surface area contributed by atoms with Gasteiger partial charge in [0.05, 0.1) is 11.9 Å². The van der Waals surface area contributed by atoms with Gasteiger partial charge in [-0.15, -0.1) is 11.8 Å². The number of thioether (sulfide) groups is 1. The van der Waals surface area contributed by atoms with Crippen LogP contribution >= 0.6 is 11.8 Å². The Bertz CT molecular complexity index is 177. The van der Waals surface area contributed by atoms with E-state index in [0.29, 0.717) is 13.0 Å². The quantitative estimate of drug-likeness (QED) is 0.481. The molecule has 0 spiro atoms. The fourth-order valence-corrected chi connectivity index (χ4v) is 1.92. The maximum atomic E-state index is 11.8. The molecule has 2 nitrogen and oxygen atoms in total. The highest BCUT2D eigenvalue weighted by Gasteiger charge is 2.13. The lowest BCUT2D eigenvalue weighted by atomic mass is 10.3. The van der Waals surface area contributed by atoms with Gasteiger partial charge in [-0.1, -0.05) is 0 Å². The fraction of sp³-hybridized carbons (Fsp3) is 0.900. The minimum atomic E-state index is -2.21. The van der Waals surface area contributed by atoms with Gasteiger partial charge in [-0.05, 0) is 32.4 Å². The molecular formula is C10H18F2O2S. The zero-order chi connectivity index (χ0) is 11.7. The summed E-state index contributed by atoms with van der Waals surface area (Å²) in [6.45, 7) is 3.92. The van der Waals surface area contributed by atoms with Crippen LogP contribution in [0.3, 0.4) is 0 Å². The largest absolute Gasteiger partial charge is 0.465 e. The molecule has 0 aromatic carbocycles. The first-order valence-electron chi connectivity index (χ1n) is 5.14. The summed E-state index contributed by atoms with van der Waals surface area (Å²) in [5, 5.41) is -0.198. The van der Waals surface area contributed by atoms with E-state index in [1.54, 1.807) is 13.8 Å². The standard InChI is InChI=1S/C10H18F2O2S/c1-3-14-10(13)8(2)15-7-5-4-6-9(11)12/h8-9H,3-7H2,1-2H3. The fourth-order valence-electron chi connectivity index (χ4n) is 0.988. The van der Waals surface area contributed by atoms with E-state index in [2.05, 4.69) is 0 Å². The third-order valence-electron chi connectivity index (χ3n) is 1.80. The summed E-state index contributed by atoms with van der Waals surface area (Å²) in [5.41, 5.74) is 0. The van der Waals surface area contributed by atoms with E-state index < -0.39 is 6.43 Å². The van der Waals surface area contributed by atoms with Crippen LogP contribution < -0.4 is 0 Å². The monoisotopic (exact) mass is 240 g/mol. The molecule has 0 aromatic heterocycles. The number of halogens is 2. The summed E-state index contributed by atoms with van der Waals surface area (Å²) in [7, 11) is 0. The molecule has 0 rings (SSSR count). The Morgan fingerprint density at radius 1 is 1.40 bits per heavy atom. The van der Waals surface area contributed by atoms with E-state index in [1.807, 2.05) is 0 Å². The second kappa shape index (κ2) is 8.95. The Kier molecular flexibility index (Phi) is 8.76. The number of alkyl halides is 2. The van der Waals surface area contributed by atoms with Crippen molar-refractivity contribution >= 4 is 17.7 Å². The van der Waals surface area contributed by atoms with E-state index >= 15 is 0 Å². The van der Waals surface area contributed by atoms with Crippen LogP contribution in [0.2, 0.25) is 0 Å². The molecule has 0 radical (unpaired) electrons. The van der Waals surface area contributed by atoms with E-state index in [-0.39, 0.29) is 17.6 Å². The van der Waals surface area contributed by atoms with Crippen molar-refractivity contribution < 1.29 is 18.3 Å². The lowest BCUT2D eigenvalue weighted by Gasteiger charge is -2.09. The lowest BCUT2D eigenvalue weighted by molar-refractivity contribution is -0.142. The van der Waals surface area contributed by atoms with E-state index in [4.69, 9.17) is 4.74 Å². The van der Waals surface area contributed by atoms with Gasteiger partial charge in [0.25, 0.3) is 0 Å². The van der Waals surface area contributed by atoms with Crippen LogP contribution in [0.5, 0.6) is 0 Å². The minimum absolute atomic E-state index is 0.0473. The Morgan fingerprint density at radius 2 is 2.07 bits per heavy atom. The number of rotatable bonds is 8. The third-order valence-corrected chi connectivity index (χ3v) is 3.02. The Balaban J connectivity index is 3.38. The summed E-state index contributed by atoms with van der Waals surface area (Å²) in [5.74, 6) is 0.503. The van der Waals surface area contributed by atoms with Gasteiger partial charge in [-0.2, -0.15) is 0 Å². The van der Waals surface area contributed by atoms with Crippen molar-refractivity contribution in [3.63, 3.8) is 0 Å². The highest BCUT2D eigenvalue weighted by atomic mass is 32.2. The van der Waals surface area contributed by atoms with Gasteiger partial charge in [0, 0.05) is 6.42 Å². The summed E-state index contributed by atoms with van der Waals surface area (Å²) in [4.78, 5) is 11.2. The van der Waals surface area contributed by atoms with Crippen LogP contribution in [0.15, 0.2) is 0 Å². The molecule has 1 unspecified atom stereocenters. The maximum absolute atomic E-state index is 11.8. The molecule has 0 aromatic rings. The average molecular weight is 240 g/mol. The van der Waals surface area contributed by atoms with Gasteiger partial charge < -0.3 is 4.74 Å². The molecule has 90 valence electrons. The molecule has 0 aliphatic rings. The van der Waals surface area contributed by atoms with E-state index in [9.17, 15) is 13.6 Å². The highest BCUT2D eigenvalue weighted by molar-refractivity contribution is 8.00. The summed E-state index contributed by atoms with van der Waals surface area (Å²) in [6.07, 6.45) is -1.02. The number of esters is 1. The second-order valence-corrected chi connectivity index (χ2v) is 4.60. The number of carbonyl (C=O) groups excluding carboxylic acids is 1. The molecule has 0 amide bonds. The van der Waals surface area contributed by atoms with Crippen LogP contribution in [-0.2, 0) is 9.53 Å². The zero-order valence-electron chi connectivity index (χ0n) is 9.17. The average Bonchev–Trinajstić information content (AvgIpc) is 2.16. The minimum Gasteiger partial charge on any atom is -0.465 e. The molecular weight excluding hydrogens is 222 g/mol. The van der Waals surface area contributed by atoms with Crippen LogP contribution in [0.1, 0.15) is 33.1 Å². The predicted molar refractivity (Wildman–Crippen MR) is 58.4 cm³/mol. The van der Waals surface area contributed by atoms with Crippen molar-refractivity contribution in [2.24, 2.45) is 0 Å². The summed E-state index contributed by atoms with van der Waals surface area (Å²) < 4.78 is 28.4. The van der Waals surface area contributed by atoms with Crippen molar-refractivity contribution in [3.8, 4) is 0 Å². The molecule has 0 N–H and O–H groups in total. The van der Waals surface area contributed by atoms with Gasteiger partial charge in [0.15, 0.2) is 0 Å². The first-order chi connectivity index (χ1) is 7.07. The predicted octanol–water partition coefficient (Wildman–Crippen LogP) is 3.11. The molecule has 1 atom stereocenters. The third kappa shape index (κ3) is 8.66. The van der Waals surface area contributed by atoms with Crippen molar-refractivity contribution in [1.29, 1.82) is 0 Å². The smallest absolute Gasteiger partial charge is 0.318 e.